The molecule has 0 aliphatic heterocycles. The van der Waals surface area contributed by atoms with Gasteiger partial charge in [-0.25, -0.2) is 0 Å². The first-order valence-corrected chi connectivity index (χ1v) is 10.8. The lowest BCUT2D eigenvalue weighted by molar-refractivity contribution is 0.537. The van der Waals surface area contributed by atoms with Gasteiger partial charge in [-0.05, 0) is 29.6 Å². The molecule has 0 fully saturated rings. The van der Waals surface area contributed by atoms with Crippen molar-refractivity contribution < 1.29 is 0 Å². The van der Waals surface area contributed by atoms with Gasteiger partial charge in [0.05, 0.1) is 0 Å². The zero-order valence-electron chi connectivity index (χ0n) is 15.7. The van der Waals surface area contributed by atoms with Crippen molar-refractivity contribution in [1.82, 2.24) is 15.0 Å². The van der Waals surface area contributed by atoms with Gasteiger partial charge in [-0.15, -0.1) is 0 Å². The van der Waals surface area contributed by atoms with E-state index >= 15 is 0 Å². The van der Waals surface area contributed by atoms with Crippen LogP contribution >= 0.6 is 23.2 Å². The molecule has 1 aromatic rings. The van der Waals surface area contributed by atoms with Gasteiger partial charge in [0, 0.05) is 6.54 Å². The van der Waals surface area contributed by atoms with E-state index in [1.54, 1.807) is 0 Å². The highest BCUT2D eigenvalue weighted by molar-refractivity contribution is 6.31. The van der Waals surface area contributed by atoms with E-state index in [0.29, 0.717) is 5.95 Å². The predicted octanol–water partition coefficient (Wildman–Crippen LogP) is 7.07. The van der Waals surface area contributed by atoms with Gasteiger partial charge in [0.1, 0.15) is 0 Å². The third-order valence-electron chi connectivity index (χ3n) is 4.39. The Morgan fingerprint density at radius 3 is 1.44 bits per heavy atom. The summed E-state index contributed by atoms with van der Waals surface area (Å²) in [7, 11) is 0. The average molecular weight is 389 g/mol. The maximum atomic E-state index is 5.73. The van der Waals surface area contributed by atoms with Gasteiger partial charge in [0.25, 0.3) is 0 Å². The minimum atomic E-state index is 0.128. The number of hydrogen-bond acceptors (Lipinski definition) is 4. The molecule has 1 N–H and O–H groups in total. The third kappa shape index (κ3) is 13.3. The zero-order valence-corrected chi connectivity index (χ0v) is 17.2. The van der Waals surface area contributed by atoms with E-state index in [1.165, 1.54) is 83.5 Å². The second-order valence-electron chi connectivity index (χ2n) is 6.72. The summed E-state index contributed by atoms with van der Waals surface area (Å²) in [4.78, 5) is 11.7. The number of aromatic nitrogens is 3. The van der Waals surface area contributed by atoms with E-state index in [-0.39, 0.29) is 10.6 Å². The Hall–Kier alpha value is -0.610. The SMILES string of the molecule is CCCCCCCCCCCCCCCCNc1nc(Cl)nc(Cl)n1. The Kier molecular flexibility index (Phi) is 14.0. The van der Waals surface area contributed by atoms with Gasteiger partial charge in [0.15, 0.2) is 0 Å². The van der Waals surface area contributed by atoms with Gasteiger partial charge in [-0.1, -0.05) is 90.4 Å². The second-order valence-corrected chi connectivity index (χ2v) is 7.40. The molecule has 0 saturated heterocycles. The monoisotopic (exact) mass is 388 g/mol. The molecule has 1 heterocycles. The molecule has 4 nitrogen and oxygen atoms in total. The van der Waals surface area contributed by atoms with Crippen LogP contribution in [0.4, 0.5) is 5.95 Å². The molecule has 0 atom stereocenters. The Balaban J connectivity index is 1.81. The molecular weight excluding hydrogens is 355 g/mol. The smallest absolute Gasteiger partial charge is 0.228 e. The summed E-state index contributed by atoms with van der Waals surface area (Å²) in [6.45, 7) is 3.12. The van der Waals surface area contributed by atoms with E-state index in [9.17, 15) is 0 Å². The quantitative estimate of drug-likeness (QED) is 0.307. The topological polar surface area (TPSA) is 50.7 Å². The second kappa shape index (κ2) is 15.6. The lowest BCUT2D eigenvalue weighted by Crippen LogP contribution is -2.06. The van der Waals surface area contributed by atoms with Crippen LogP contribution in [-0.2, 0) is 0 Å². The van der Waals surface area contributed by atoms with Gasteiger partial charge in [0.2, 0.25) is 16.5 Å². The first-order valence-electron chi connectivity index (χ1n) is 10.0. The van der Waals surface area contributed by atoms with Crippen molar-refractivity contribution in [3.05, 3.63) is 10.6 Å². The third-order valence-corrected chi connectivity index (χ3v) is 4.73. The van der Waals surface area contributed by atoms with Gasteiger partial charge in [-0.3, -0.25) is 0 Å². The molecule has 25 heavy (non-hydrogen) atoms. The summed E-state index contributed by atoms with van der Waals surface area (Å²) in [6, 6.07) is 0. The van der Waals surface area contributed by atoms with Gasteiger partial charge >= 0.3 is 0 Å². The Labute approximate surface area is 163 Å². The lowest BCUT2D eigenvalue weighted by Gasteiger charge is -2.05. The zero-order chi connectivity index (χ0) is 18.2. The first-order chi connectivity index (χ1) is 12.2. The van der Waals surface area contributed by atoms with Crippen LogP contribution < -0.4 is 5.32 Å². The van der Waals surface area contributed by atoms with Crippen molar-refractivity contribution >= 4 is 29.2 Å². The van der Waals surface area contributed by atoms with E-state index in [1.807, 2.05) is 0 Å². The van der Waals surface area contributed by atoms with Gasteiger partial charge < -0.3 is 5.32 Å². The molecule has 0 bridgehead atoms. The molecule has 0 saturated carbocycles. The van der Waals surface area contributed by atoms with E-state index in [4.69, 9.17) is 23.2 Å². The molecule has 0 aromatic carbocycles. The van der Waals surface area contributed by atoms with E-state index in [0.717, 1.165) is 13.0 Å². The van der Waals surface area contributed by atoms with Crippen LogP contribution in [0.5, 0.6) is 0 Å². The number of nitrogens with zero attached hydrogens (tertiary/aromatic N) is 3. The molecule has 0 spiro atoms. The molecular formula is C19H34Cl2N4. The van der Waals surface area contributed by atoms with Crippen molar-refractivity contribution in [3.63, 3.8) is 0 Å². The highest BCUT2D eigenvalue weighted by Crippen LogP contribution is 2.13. The molecule has 6 heteroatoms. The van der Waals surface area contributed by atoms with Crippen molar-refractivity contribution in [3.8, 4) is 0 Å². The highest BCUT2D eigenvalue weighted by atomic mass is 35.5. The van der Waals surface area contributed by atoms with E-state index < -0.39 is 0 Å². The molecule has 0 amide bonds. The van der Waals surface area contributed by atoms with Gasteiger partial charge in [-0.2, -0.15) is 15.0 Å². The van der Waals surface area contributed by atoms with Crippen molar-refractivity contribution in [2.45, 2.75) is 96.8 Å². The predicted molar refractivity (Wildman–Crippen MR) is 109 cm³/mol. The summed E-state index contributed by atoms with van der Waals surface area (Å²) in [5.74, 6) is 0.458. The Bertz CT molecular complexity index is 423. The lowest BCUT2D eigenvalue weighted by atomic mass is 10.0. The molecule has 1 aromatic heterocycles. The summed E-state index contributed by atoms with van der Waals surface area (Å²) < 4.78 is 0. The van der Waals surface area contributed by atoms with Crippen LogP contribution in [0.2, 0.25) is 10.6 Å². The fraction of sp³-hybridized carbons (Fsp3) is 0.842. The van der Waals surface area contributed by atoms with Crippen molar-refractivity contribution in [1.29, 1.82) is 0 Å². The molecule has 0 unspecified atom stereocenters. The van der Waals surface area contributed by atoms with Crippen molar-refractivity contribution in [2.75, 3.05) is 11.9 Å². The van der Waals surface area contributed by atoms with Crippen LogP contribution in [-0.4, -0.2) is 21.5 Å². The number of unbranched alkanes of at least 4 members (excludes halogenated alkanes) is 13. The minimum Gasteiger partial charge on any atom is -0.354 e. The number of rotatable bonds is 16. The van der Waals surface area contributed by atoms with Crippen molar-refractivity contribution in [2.24, 2.45) is 0 Å². The molecule has 0 radical (unpaired) electrons. The summed E-state index contributed by atoms with van der Waals surface area (Å²) in [6.07, 6.45) is 19.1. The fourth-order valence-electron chi connectivity index (χ4n) is 2.92. The van der Waals surface area contributed by atoms with E-state index in [2.05, 4.69) is 27.2 Å². The van der Waals surface area contributed by atoms with Crippen LogP contribution in [0.25, 0.3) is 0 Å². The molecule has 0 aliphatic rings. The first kappa shape index (κ1) is 22.4. The molecule has 144 valence electrons. The number of nitrogens with one attached hydrogen (secondary N) is 1. The standard InChI is InChI=1S/C19H34Cl2N4/c1-2-3-4-5-6-7-8-9-10-11-12-13-14-15-16-22-19-24-17(20)23-18(21)25-19/h2-16H2,1H3,(H,22,23,24,25). The largest absolute Gasteiger partial charge is 0.354 e. The van der Waals surface area contributed by atoms with Crippen LogP contribution in [0.15, 0.2) is 0 Å². The number of halogens is 2. The normalized spacial score (nSPS) is 11.0. The van der Waals surface area contributed by atoms with Crippen LogP contribution in [0, 0.1) is 0 Å². The fourth-order valence-corrected chi connectivity index (χ4v) is 3.29. The van der Waals surface area contributed by atoms with Crippen LogP contribution in [0.3, 0.4) is 0 Å². The number of hydrogen-bond donors (Lipinski definition) is 1. The Morgan fingerprint density at radius 1 is 0.600 bits per heavy atom. The molecule has 1 rings (SSSR count). The minimum absolute atomic E-state index is 0.128. The molecule has 0 aliphatic carbocycles. The average Bonchev–Trinajstić information content (AvgIpc) is 2.57. The summed E-state index contributed by atoms with van der Waals surface area (Å²) in [5.41, 5.74) is 0. The van der Waals surface area contributed by atoms with Crippen LogP contribution in [0.1, 0.15) is 96.8 Å². The summed E-state index contributed by atoms with van der Waals surface area (Å²) in [5, 5.41) is 3.39. The highest BCUT2D eigenvalue weighted by Gasteiger charge is 2.01. The Morgan fingerprint density at radius 2 is 1.00 bits per heavy atom. The summed E-state index contributed by atoms with van der Waals surface area (Å²) >= 11 is 11.5. The number of anilines is 1. The maximum absolute atomic E-state index is 5.73. The maximum Gasteiger partial charge on any atom is 0.228 e.